The van der Waals surface area contributed by atoms with E-state index in [-0.39, 0.29) is 17.8 Å². The van der Waals surface area contributed by atoms with Gasteiger partial charge in [0.15, 0.2) is 0 Å². The van der Waals surface area contributed by atoms with Gasteiger partial charge in [-0.1, -0.05) is 12.1 Å². The van der Waals surface area contributed by atoms with Gasteiger partial charge in [-0.25, -0.2) is 4.39 Å². The van der Waals surface area contributed by atoms with Gasteiger partial charge in [-0.15, -0.1) is 11.8 Å². The molecule has 0 bridgehead atoms. The molecule has 140 valence electrons. The number of benzene rings is 2. The maximum Gasteiger partial charge on any atom is 0.220 e. The summed E-state index contributed by atoms with van der Waals surface area (Å²) >= 11 is 1.63. The fourth-order valence-electron chi connectivity index (χ4n) is 2.54. The van der Waals surface area contributed by atoms with Crippen molar-refractivity contribution in [2.24, 2.45) is 0 Å². The molecule has 0 aliphatic heterocycles. The van der Waals surface area contributed by atoms with Crippen molar-refractivity contribution in [2.75, 3.05) is 33.5 Å². The van der Waals surface area contributed by atoms with E-state index in [0.717, 1.165) is 16.2 Å². The summed E-state index contributed by atoms with van der Waals surface area (Å²) in [6, 6.07) is 14.2. The third-order valence-corrected chi connectivity index (χ3v) is 5.02. The lowest BCUT2D eigenvalue weighted by atomic mass is 10.1. The number of carbonyl (C=O) groups excluding carboxylic acids is 1. The van der Waals surface area contributed by atoms with Crippen molar-refractivity contribution in [2.45, 2.75) is 17.4 Å². The molecule has 0 aliphatic rings. The molecule has 0 saturated heterocycles. The Bertz CT molecular complexity index is 707. The summed E-state index contributed by atoms with van der Waals surface area (Å²) in [7, 11) is 5.47. The lowest BCUT2D eigenvalue weighted by molar-refractivity contribution is -0.120. The first-order valence-corrected chi connectivity index (χ1v) is 9.43. The van der Waals surface area contributed by atoms with E-state index >= 15 is 0 Å². The van der Waals surface area contributed by atoms with Crippen molar-refractivity contribution in [1.29, 1.82) is 0 Å². The van der Waals surface area contributed by atoms with Gasteiger partial charge in [0.05, 0.1) is 13.2 Å². The Morgan fingerprint density at radius 3 is 2.58 bits per heavy atom. The number of hydrogen-bond donors (Lipinski definition) is 1. The lowest BCUT2D eigenvalue weighted by Crippen LogP contribution is -2.34. The number of carbonyl (C=O) groups is 1. The van der Waals surface area contributed by atoms with Crippen LogP contribution < -0.4 is 10.1 Å². The van der Waals surface area contributed by atoms with Crippen LogP contribution in [0.2, 0.25) is 0 Å². The number of likely N-dealkylation sites (N-methyl/N-ethyl adjacent to an activating group) is 1. The molecule has 1 N–H and O–H groups in total. The van der Waals surface area contributed by atoms with Crippen LogP contribution in [0, 0.1) is 5.82 Å². The number of nitrogens with zero attached hydrogens (tertiary/aromatic N) is 1. The van der Waals surface area contributed by atoms with Crippen LogP contribution in [0.15, 0.2) is 53.4 Å². The topological polar surface area (TPSA) is 41.6 Å². The summed E-state index contributed by atoms with van der Waals surface area (Å²) in [6.07, 6.45) is 0.431. The molecule has 1 amide bonds. The molecule has 0 aliphatic carbocycles. The molecule has 2 aromatic carbocycles. The summed E-state index contributed by atoms with van der Waals surface area (Å²) in [5.41, 5.74) is 0.850. The van der Waals surface area contributed by atoms with Crippen molar-refractivity contribution in [3.8, 4) is 5.75 Å². The van der Waals surface area contributed by atoms with Gasteiger partial charge >= 0.3 is 0 Å². The minimum absolute atomic E-state index is 0.00531. The highest BCUT2D eigenvalue weighted by atomic mass is 32.2. The maximum absolute atomic E-state index is 13.4. The van der Waals surface area contributed by atoms with E-state index in [0.29, 0.717) is 18.7 Å². The number of thioether (sulfide) groups is 1. The van der Waals surface area contributed by atoms with Crippen LogP contribution in [-0.2, 0) is 4.79 Å². The van der Waals surface area contributed by atoms with Crippen molar-refractivity contribution in [1.82, 2.24) is 10.2 Å². The molecule has 4 nitrogen and oxygen atoms in total. The minimum Gasteiger partial charge on any atom is -0.497 e. The fraction of sp³-hybridized carbons (Fsp3) is 0.350. The molecular weight excluding hydrogens is 351 g/mol. The van der Waals surface area contributed by atoms with Gasteiger partial charge < -0.3 is 15.0 Å². The molecule has 1 atom stereocenters. The SMILES string of the molecule is COc1ccc(SCCC(=O)NCC(c2cccc(F)c2)N(C)C)cc1. The first-order chi connectivity index (χ1) is 12.5. The van der Waals surface area contributed by atoms with E-state index in [1.54, 1.807) is 24.9 Å². The van der Waals surface area contributed by atoms with E-state index in [1.807, 2.05) is 49.3 Å². The van der Waals surface area contributed by atoms with Crippen LogP contribution >= 0.6 is 11.8 Å². The first-order valence-electron chi connectivity index (χ1n) is 8.45. The average molecular weight is 376 g/mol. The van der Waals surface area contributed by atoms with Crippen LogP contribution in [0.25, 0.3) is 0 Å². The monoisotopic (exact) mass is 376 g/mol. The Balaban J connectivity index is 1.78. The van der Waals surface area contributed by atoms with Crippen LogP contribution in [0.3, 0.4) is 0 Å². The molecule has 6 heteroatoms. The third-order valence-electron chi connectivity index (χ3n) is 4.01. The summed E-state index contributed by atoms with van der Waals surface area (Å²) in [6.45, 7) is 0.447. The molecule has 26 heavy (non-hydrogen) atoms. The Hall–Kier alpha value is -2.05. The molecular formula is C20H25FN2O2S. The summed E-state index contributed by atoms with van der Waals surface area (Å²) in [5, 5.41) is 2.95. The molecule has 0 fully saturated rings. The number of rotatable bonds is 9. The predicted molar refractivity (Wildman–Crippen MR) is 104 cm³/mol. The number of amides is 1. The molecule has 2 aromatic rings. The zero-order valence-corrected chi connectivity index (χ0v) is 16.2. The normalized spacial score (nSPS) is 12.0. The molecule has 0 saturated carbocycles. The first kappa shape index (κ1) is 20.3. The molecule has 0 radical (unpaired) electrons. The van der Waals surface area contributed by atoms with E-state index in [9.17, 15) is 9.18 Å². The maximum atomic E-state index is 13.4. The Kier molecular flexibility index (Phi) is 7.94. The second-order valence-electron chi connectivity index (χ2n) is 6.11. The number of nitrogens with one attached hydrogen (secondary N) is 1. The standard InChI is InChI=1S/C20H25FN2O2S/c1-23(2)19(15-5-4-6-16(21)13-15)14-22-20(24)11-12-26-18-9-7-17(25-3)8-10-18/h4-10,13,19H,11-12,14H2,1-3H3,(H,22,24). The highest BCUT2D eigenvalue weighted by molar-refractivity contribution is 7.99. The van der Waals surface area contributed by atoms with Crippen LogP contribution in [0.1, 0.15) is 18.0 Å². The van der Waals surface area contributed by atoms with E-state index in [1.165, 1.54) is 12.1 Å². The average Bonchev–Trinajstić information content (AvgIpc) is 2.62. The number of ether oxygens (including phenoxy) is 1. The van der Waals surface area contributed by atoms with Gasteiger partial charge in [0.1, 0.15) is 11.6 Å². The Labute approximate surface area is 158 Å². The second kappa shape index (κ2) is 10.2. The number of methoxy groups -OCH3 is 1. The van der Waals surface area contributed by atoms with Crippen LogP contribution in [0.5, 0.6) is 5.75 Å². The van der Waals surface area contributed by atoms with Crippen LogP contribution in [0.4, 0.5) is 4.39 Å². The molecule has 2 rings (SSSR count). The lowest BCUT2D eigenvalue weighted by Gasteiger charge is -2.25. The van der Waals surface area contributed by atoms with Gasteiger partial charge in [0.25, 0.3) is 0 Å². The molecule has 1 unspecified atom stereocenters. The van der Waals surface area contributed by atoms with Gasteiger partial charge in [-0.3, -0.25) is 4.79 Å². The highest BCUT2D eigenvalue weighted by Crippen LogP contribution is 2.22. The van der Waals surface area contributed by atoms with Crippen LogP contribution in [-0.4, -0.2) is 44.3 Å². The molecule has 0 heterocycles. The predicted octanol–water partition coefficient (Wildman–Crippen LogP) is 3.74. The Morgan fingerprint density at radius 1 is 1.23 bits per heavy atom. The van der Waals surface area contributed by atoms with E-state index < -0.39 is 0 Å². The third kappa shape index (κ3) is 6.35. The molecule has 0 aromatic heterocycles. The van der Waals surface area contributed by atoms with Crippen molar-refractivity contribution < 1.29 is 13.9 Å². The Morgan fingerprint density at radius 2 is 1.96 bits per heavy atom. The number of hydrogen-bond acceptors (Lipinski definition) is 4. The summed E-state index contributed by atoms with van der Waals surface area (Å²) in [4.78, 5) is 15.2. The second-order valence-corrected chi connectivity index (χ2v) is 7.28. The fourth-order valence-corrected chi connectivity index (χ4v) is 3.40. The highest BCUT2D eigenvalue weighted by Gasteiger charge is 2.15. The summed E-state index contributed by atoms with van der Waals surface area (Å²) in [5.74, 6) is 1.25. The van der Waals surface area contributed by atoms with E-state index in [2.05, 4.69) is 5.32 Å². The van der Waals surface area contributed by atoms with Gasteiger partial charge in [0.2, 0.25) is 5.91 Å². The van der Waals surface area contributed by atoms with Gasteiger partial charge in [0, 0.05) is 23.6 Å². The zero-order chi connectivity index (χ0) is 18.9. The van der Waals surface area contributed by atoms with Gasteiger partial charge in [-0.05, 0) is 56.1 Å². The zero-order valence-electron chi connectivity index (χ0n) is 15.4. The van der Waals surface area contributed by atoms with E-state index in [4.69, 9.17) is 4.74 Å². The molecule has 0 spiro atoms. The minimum atomic E-state index is -0.267. The van der Waals surface area contributed by atoms with Gasteiger partial charge in [-0.2, -0.15) is 0 Å². The largest absolute Gasteiger partial charge is 0.497 e. The van der Waals surface area contributed by atoms with Crippen molar-refractivity contribution in [3.63, 3.8) is 0 Å². The smallest absolute Gasteiger partial charge is 0.220 e. The van der Waals surface area contributed by atoms with Crippen molar-refractivity contribution >= 4 is 17.7 Å². The van der Waals surface area contributed by atoms with Crippen molar-refractivity contribution in [3.05, 3.63) is 59.9 Å². The summed E-state index contributed by atoms with van der Waals surface area (Å²) < 4.78 is 18.6. The quantitative estimate of drug-likeness (QED) is 0.677. The number of halogens is 1.